The summed E-state index contributed by atoms with van der Waals surface area (Å²) in [5.41, 5.74) is 4.72. The minimum atomic E-state index is -0.243. The lowest BCUT2D eigenvalue weighted by Gasteiger charge is -2.16. The first-order valence-corrected chi connectivity index (χ1v) is 9.92. The van der Waals surface area contributed by atoms with Gasteiger partial charge in [-0.2, -0.15) is 5.10 Å². The van der Waals surface area contributed by atoms with Crippen molar-refractivity contribution in [1.29, 1.82) is 0 Å². The molecule has 1 aliphatic carbocycles. The summed E-state index contributed by atoms with van der Waals surface area (Å²) in [4.78, 5) is 12.9. The van der Waals surface area contributed by atoms with Gasteiger partial charge < -0.3 is 14.6 Å². The van der Waals surface area contributed by atoms with Gasteiger partial charge in [-0.3, -0.25) is 9.48 Å². The molecule has 7 heteroatoms. The third kappa shape index (κ3) is 3.64. The van der Waals surface area contributed by atoms with Gasteiger partial charge in [-0.1, -0.05) is 30.3 Å². The molecule has 0 fully saturated rings. The van der Waals surface area contributed by atoms with Crippen molar-refractivity contribution in [3.05, 3.63) is 58.2 Å². The van der Waals surface area contributed by atoms with Gasteiger partial charge in [0.15, 0.2) is 5.69 Å². The van der Waals surface area contributed by atoms with E-state index < -0.39 is 0 Å². The summed E-state index contributed by atoms with van der Waals surface area (Å²) >= 11 is 0. The van der Waals surface area contributed by atoms with Gasteiger partial charge in [0.1, 0.15) is 11.5 Å². The van der Waals surface area contributed by atoms with Crippen LogP contribution >= 0.6 is 0 Å². The Bertz CT molecular complexity index is 1050. The molecule has 1 aromatic carbocycles. The maximum Gasteiger partial charge on any atom is 0.278 e. The van der Waals surface area contributed by atoms with Gasteiger partial charge in [0.05, 0.1) is 30.7 Å². The molecule has 1 amide bonds. The Labute approximate surface area is 170 Å². The van der Waals surface area contributed by atoms with Crippen molar-refractivity contribution in [2.45, 2.75) is 46.6 Å². The van der Waals surface area contributed by atoms with Crippen LogP contribution in [-0.2, 0) is 19.4 Å². The molecule has 3 aromatic rings. The lowest BCUT2D eigenvalue weighted by atomic mass is 9.88. The third-order valence-electron chi connectivity index (χ3n) is 5.63. The van der Waals surface area contributed by atoms with E-state index in [1.54, 1.807) is 7.11 Å². The van der Waals surface area contributed by atoms with Crippen molar-refractivity contribution in [2.24, 2.45) is 5.92 Å². The maximum atomic E-state index is 12.9. The number of nitrogens with one attached hydrogen (secondary N) is 1. The number of nitrogens with zero attached hydrogens (tertiary/aromatic N) is 3. The molecule has 7 nitrogen and oxygen atoms in total. The molecule has 29 heavy (non-hydrogen) atoms. The first-order valence-electron chi connectivity index (χ1n) is 9.92. The van der Waals surface area contributed by atoms with Gasteiger partial charge in [0, 0.05) is 17.5 Å². The third-order valence-corrected chi connectivity index (χ3v) is 5.63. The Morgan fingerprint density at radius 3 is 2.93 bits per heavy atom. The molecule has 1 N–H and O–H groups in total. The van der Waals surface area contributed by atoms with Crippen LogP contribution in [0.2, 0.25) is 0 Å². The smallest absolute Gasteiger partial charge is 0.278 e. The highest BCUT2D eigenvalue weighted by Gasteiger charge is 2.28. The molecule has 2 aromatic heterocycles. The van der Waals surface area contributed by atoms with Crippen LogP contribution < -0.4 is 10.1 Å². The second-order valence-electron chi connectivity index (χ2n) is 7.75. The zero-order valence-electron chi connectivity index (χ0n) is 17.3. The first-order chi connectivity index (χ1) is 14.0. The Kier molecular flexibility index (Phi) is 5.13. The molecular formula is C22H26N4O3. The minimum Gasteiger partial charge on any atom is -0.496 e. The van der Waals surface area contributed by atoms with E-state index in [1.807, 2.05) is 42.8 Å². The zero-order chi connectivity index (χ0) is 20.5. The molecule has 0 saturated carbocycles. The number of para-hydroxylation sites is 1. The number of hydrogen-bond acceptors (Lipinski definition) is 5. The average molecular weight is 394 g/mol. The zero-order valence-corrected chi connectivity index (χ0v) is 17.3. The molecule has 0 aliphatic heterocycles. The maximum absolute atomic E-state index is 12.9. The van der Waals surface area contributed by atoms with E-state index >= 15 is 0 Å². The van der Waals surface area contributed by atoms with Crippen LogP contribution in [0.25, 0.3) is 0 Å². The Morgan fingerprint density at radius 1 is 1.34 bits per heavy atom. The highest BCUT2D eigenvalue weighted by atomic mass is 16.5. The Balaban J connectivity index is 1.57. The molecule has 1 atom stereocenters. The van der Waals surface area contributed by atoms with Crippen molar-refractivity contribution in [1.82, 2.24) is 14.9 Å². The van der Waals surface area contributed by atoms with Gasteiger partial charge in [-0.05, 0) is 38.7 Å². The fraction of sp³-hybridized carbons (Fsp3) is 0.409. The lowest BCUT2D eigenvalue weighted by molar-refractivity contribution is 0.101. The van der Waals surface area contributed by atoms with E-state index in [9.17, 15) is 4.79 Å². The summed E-state index contributed by atoms with van der Waals surface area (Å²) in [6.45, 7) is 6.59. The minimum absolute atomic E-state index is 0.243. The molecule has 1 unspecified atom stereocenters. The second kappa shape index (κ2) is 7.73. The van der Waals surface area contributed by atoms with Crippen LogP contribution in [0.1, 0.15) is 52.1 Å². The van der Waals surface area contributed by atoms with Crippen LogP contribution in [-0.4, -0.2) is 28.0 Å². The Hall–Kier alpha value is -3.09. The number of rotatable bonds is 5. The summed E-state index contributed by atoms with van der Waals surface area (Å²) in [6.07, 6.45) is 2.73. The highest BCUT2D eigenvalue weighted by molar-refractivity contribution is 6.04. The fourth-order valence-electron chi connectivity index (χ4n) is 3.96. The second-order valence-corrected chi connectivity index (χ2v) is 7.75. The van der Waals surface area contributed by atoms with Crippen molar-refractivity contribution in [3.63, 3.8) is 0 Å². The fourth-order valence-corrected chi connectivity index (χ4v) is 3.96. The van der Waals surface area contributed by atoms with Crippen molar-refractivity contribution < 1.29 is 14.1 Å². The molecule has 0 radical (unpaired) electrons. The van der Waals surface area contributed by atoms with Crippen molar-refractivity contribution >= 4 is 11.6 Å². The van der Waals surface area contributed by atoms with Crippen molar-refractivity contribution in [3.8, 4) is 5.75 Å². The average Bonchev–Trinajstić information content (AvgIpc) is 3.24. The summed E-state index contributed by atoms with van der Waals surface area (Å²) in [6, 6.07) is 7.85. The van der Waals surface area contributed by atoms with Gasteiger partial charge in [0.25, 0.3) is 5.91 Å². The number of amides is 1. The number of aromatic nitrogens is 3. The monoisotopic (exact) mass is 394 g/mol. The van der Waals surface area contributed by atoms with E-state index in [-0.39, 0.29) is 5.91 Å². The van der Waals surface area contributed by atoms with E-state index in [1.165, 1.54) is 0 Å². The number of carbonyl (C=O) groups excluding carboxylic acids is 1. The Morgan fingerprint density at radius 2 is 2.14 bits per heavy atom. The molecule has 1 aliphatic rings. The van der Waals surface area contributed by atoms with Gasteiger partial charge in [-0.25, -0.2) is 0 Å². The van der Waals surface area contributed by atoms with Crippen LogP contribution in [0, 0.1) is 19.8 Å². The summed E-state index contributed by atoms with van der Waals surface area (Å²) < 4.78 is 12.7. The van der Waals surface area contributed by atoms with Crippen LogP contribution in [0.15, 0.2) is 28.8 Å². The molecular weight excluding hydrogens is 368 g/mol. The normalized spacial score (nSPS) is 15.8. The van der Waals surface area contributed by atoms with Crippen molar-refractivity contribution in [2.75, 3.05) is 12.4 Å². The number of methoxy groups -OCH3 is 1. The molecule has 0 saturated heterocycles. The summed E-state index contributed by atoms with van der Waals surface area (Å²) in [5, 5.41) is 11.7. The van der Waals surface area contributed by atoms with Gasteiger partial charge in [0.2, 0.25) is 0 Å². The molecule has 2 heterocycles. The first kappa shape index (κ1) is 19.2. The topological polar surface area (TPSA) is 82.2 Å². The number of carbonyl (C=O) groups is 1. The predicted octanol–water partition coefficient (Wildman–Crippen LogP) is 3.92. The summed E-state index contributed by atoms with van der Waals surface area (Å²) in [5.74, 6) is 1.94. The number of aryl methyl sites for hydroxylation is 2. The van der Waals surface area contributed by atoms with Crippen LogP contribution in [0.3, 0.4) is 0 Å². The molecule has 0 bridgehead atoms. The molecule has 0 spiro atoms. The predicted molar refractivity (Wildman–Crippen MR) is 109 cm³/mol. The van der Waals surface area contributed by atoms with Crippen LogP contribution in [0.4, 0.5) is 5.69 Å². The number of anilines is 1. The summed E-state index contributed by atoms with van der Waals surface area (Å²) in [7, 11) is 1.66. The molecule has 4 rings (SSSR count). The van der Waals surface area contributed by atoms with Crippen LogP contribution in [0.5, 0.6) is 5.75 Å². The number of hydrogen-bond donors (Lipinski definition) is 1. The number of fused-ring (bicyclic) bond motifs is 1. The quantitative estimate of drug-likeness (QED) is 0.709. The van der Waals surface area contributed by atoms with Gasteiger partial charge >= 0.3 is 0 Å². The lowest BCUT2D eigenvalue weighted by Crippen LogP contribution is -2.18. The van der Waals surface area contributed by atoms with Gasteiger partial charge in [-0.15, -0.1) is 0 Å². The van der Waals surface area contributed by atoms with E-state index in [2.05, 4.69) is 22.5 Å². The van der Waals surface area contributed by atoms with E-state index in [4.69, 9.17) is 9.26 Å². The number of ether oxygens (including phenoxy) is 1. The van der Waals surface area contributed by atoms with E-state index in [0.717, 1.165) is 53.3 Å². The molecule has 152 valence electrons. The SMILES string of the molecule is COc1ccccc1Cn1nc(C)c(NC(=O)c2noc3c2CC(C)CC3)c1C. The number of benzene rings is 1. The standard InChI is InChI=1S/C22H26N4O3/c1-13-9-10-19-17(11-13)21(25-29-19)22(27)23-20-14(2)24-26(15(20)3)12-16-7-5-6-8-18(16)28-4/h5-8,13H,9-12H2,1-4H3,(H,23,27). The highest BCUT2D eigenvalue weighted by Crippen LogP contribution is 2.29. The largest absolute Gasteiger partial charge is 0.496 e. The van der Waals surface area contributed by atoms with E-state index in [0.29, 0.717) is 23.8 Å².